The van der Waals surface area contributed by atoms with E-state index in [4.69, 9.17) is 0 Å². The van der Waals surface area contributed by atoms with Gasteiger partial charge >= 0.3 is 5.97 Å². The summed E-state index contributed by atoms with van der Waals surface area (Å²) in [4.78, 5) is 11.2. The number of nitrogens with one attached hydrogen (secondary N) is 1. The van der Waals surface area contributed by atoms with E-state index in [0.717, 1.165) is 25.1 Å². The summed E-state index contributed by atoms with van der Waals surface area (Å²) in [7, 11) is 0. The quantitative estimate of drug-likeness (QED) is 0.840. The Morgan fingerprint density at radius 2 is 2.24 bits per heavy atom. The summed E-state index contributed by atoms with van der Waals surface area (Å²) in [5.41, 5.74) is 1.32. The zero-order valence-electron chi connectivity index (χ0n) is 10.4. The molecule has 0 saturated carbocycles. The third-order valence-electron chi connectivity index (χ3n) is 3.67. The number of carboxylic acids is 1. The van der Waals surface area contributed by atoms with Crippen molar-refractivity contribution in [1.82, 2.24) is 5.32 Å². The lowest BCUT2D eigenvalue weighted by molar-refractivity contribution is -0.142. The van der Waals surface area contributed by atoms with Crippen LogP contribution in [0, 0.1) is 0 Å². The molecular formula is C14H19NO2. The monoisotopic (exact) mass is 233 g/mol. The van der Waals surface area contributed by atoms with E-state index in [1.54, 1.807) is 13.8 Å². The standard InChI is InChI=1S/C14H19NO2/c1-14(2,13(16)17)12-5-3-4-10(8-12)11-6-7-15-9-11/h3-5,8,11,15H,6-7,9H2,1-2H3,(H,16,17). The zero-order valence-corrected chi connectivity index (χ0v) is 10.4. The summed E-state index contributed by atoms with van der Waals surface area (Å²) < 4.78 is 0. The van der Waals surface area contributed by atoms with Crippen LogP contribution < -0.4 is 5.32 Å². The molecule has 1 aromatic carbocycles. The highest BCUT2D eigenvalue weighted by Crippen LogP contribution is 2.28. The van der Waals surface area contributed by atoms with Crippen LogP contribution >= 0.6 is 0 Å². The molecule has 1 unspecified atom stereocenters. The van der Waals surface area contributed by atoms with Gasteiger partial charge in [0.25, 0.3) is 0 Å². The van der Waals surface area contributed by atoms with Crippen LogP contribution in [0.2, 0.25) is 0 Å². The second-order valence-corrected chi connectivity index (χ2v) is 5.25. The molecule has 1 aliphatic heterocycles. The summed E-state index contributed by atoms with van der Waals surface area (Å²) in [6.07, 6.45) is 1.14. The van der Waals surface area contributed by atoms with E-state index < -0.39 is 11.4 Å². The van der Waals surface area contributed by atoms with E-state index in [-0.39, 0.29) is 0 Å². The Hall–Kier alpha value is -1.35. The van der Waals surface area contributed by atoms with Crippen molar-refractivity contribution in [1.29, 1.82) is 0 Å². The molecule has 0 amide bonds. The Kier molecular flexibility index (Phi) is 3.20. The molecule has 1 fully saturated rings. The topological polar surface area (TPSA) is 49.3 Å². The third kappa shape index (κ3) is 2.34. The van der Waals surface area contributed by atoms with Gasteiger partial charge in [-0.1, -0.05) is 24.3 Å². The second kappa shape index (κ2) is 4.49. The van der Waals surface area contributed by atoms with E-state index in [9.17, 15) is 9.90 Å². The van der Waals surface area contributed by atoms with Gasteiger partial charge < -0.3 is 10.4 Å². The lowest BCUT2D eigenvalue weighted by Gasteiger charge is -2.21. The summed E-state index contributed by atoms with van der Waals surface area (Å²) in [6.45, 7) is 5.55. The second-order valence-electron chi connectivity index (χ2n) is 5.25. The fourth-order valence-electron chi connectivity index (χ4n) is 2.24. The van der Waals surface area contributed by atoms with Crippen molar-refractivity contribution in [3.8, 4) is 0 Å². The molecule has 3 nitrogen and oxygen atoms in total. The Labute approximate surface area is 102 Å². The molecule has 1 saturated heterocycles. The van der Waals surface area contributed by atoms with Gasteiger partial charge in [-0.3, -0.25) is 4.79 Å². The van der Waals surface area contributed by atoms with Crippen LogP contribution in [-0.4, -0.2) is 24.2 Å². The largest absolute Gasteiger partial charge is 0.481 e. The Morgan fingerprint density at radius 3 is 2.82 bits per heavy atom. The molecule has 0 aromatic heterocycles. The number of carboxylic acid groups (broad SMARTS) is 1. The molecule has 17 heavy (non-hydrogen) atoms. The molecule has 1 aliphatic rings. The van der Waals surface area contributed by atoms with E-state index in [1.165, 1.54) is 5.56 Å². The molecule has 2 N–H and O–H groups in total. The number of carbonyl (C=O) groups is 1. The minimum atomic E-state index is -0.817. The van der Waals surface area contributed by atoms with E-state index in [2.05, 4.69) is 11.4 Å². The minimum absolute atomic E-state index is 0.527. The first-order chi connectivity index (χ1) is 8.01. The van der Waals surface area contributed by atoms with Gasteiger partial charge in [0.1, 0.15) is 0 Å². The summed E-state index contributed by atoms with van der Waals surface area (Å²) in [5.74, 6) is -0.251. The minimum Gasteiger partial charge on any atom is -0.481 e. The molecule has 0 bridgehead atoms. The maximum atomic E-state index is 11.2. The molecule has 0 radical (unpaired) electrons. The van der Waals surface area contributed by atoms with Crippen LogP contribution in [0.25, 0.3) is 0 Å². The number of rotatable bonds is 3. The third-order valence-corrected chi connectivity index (χ3v) is 3.67. The number of aliphatic carboxylic acids is 1. The highest BCUT2D eigenvalue weighted by molar-refractivity contribution is 5.80. The lowest BCUT2D eigenvalue weighted by Crippen LogP contribution is -2.28. The fourth-order valence-corrected chi connectivity index (χ4v) is 2.24. The van der Waals surface area contributed by atoms with Gasteiger partial charge in [0.2, 0.25) is 0 Å². The molecule has 2 rings (SSSR count). The van der Waals surface area contributed by atoms with Crippen molar-refractivity contribution in [2.24, 2.45) is 0 Å². The first kappa shape index (κ1) is 12.1. The molecule has 1 aromatic rings. The SMILES string of the molecule is CC(C)(C(=O)O)c1cccc(C2CCNC2)c1. The van der Waals surface area contributed by atoms with Gasteiger partial charge in [-0.25, -0.2) is 0 Å². The van der Waals surface area contributed by atoms with Crippen molar-refractivity contribution in [2.45, 2.75) is 31.6 Å². The van der Waals surface area contributed by atoms with E-state index in [0.29, 0.717) is 5.92 Å². The van der Waals surface area contributed by atoms with Crippen LogP contribution in [0.15, 0.2) is 24.3 Å². The Bertz CT molecular complexity index is 420. The van der Waals surface area contributed by atoms with Crippen molar-refractivity contribution in [3.63, 3.8) is 0 Å². The van der Waals surface area contributed by atoms with E-state index in [1.807, 2.05) is 18.2 Å². The van der Waals surface area contributed by atoms with Gasteiger partial charge in [-0.05, 0) is 43.9 Å². The average molecular weight is 233 g/mol. The summed E-state index contributed by atoms with van der Waals surface area (Å²) in [6, 6.07) is 8.01. The van der Waals surface area contributed by atoms with Crippen molar-refractivity contribution in [3.05, 3.63) is 35.4 Å². The van der Waals surface area contributed by atoms with Crippen LogP contribution in [-0.2, 0) is 10.2 Å². The predicted octanol–water partition coefficient (Wildman–Crippen LogP) is 2.13. The molecule has 0 spiro atoms. The maximum absolute atomic E-state index is 11.2. The summed E-state index contributed by atoms with van der Waals surface area (Å²) in [5, 5.41) is 12.6. The molecule has 3 heteroatoms. The highest BCUT2D eigenvalue weighted by Gasteiger charge is 2.30. The first-order valence-electron chi connectivity index (χ1n) is 6.06. The maximum Gasteiger partial charge on any atom is 0.313 e. The van der Waals surface area contributed by atoms with Gasteiger partial charge in [0.05, 0.1) is 5.41 Å². The van der Waals surface area contributed by atoms with Gasteiger partial charge in [-0.2, -0.15) is 0 Å². The fraction of sp³-hybridized carbons (Fsp3) is 0.500. The molecule has 1 heterocycles. The lowest BCUT2D eigenvalue weighted by atomic mass is 9.82. The molecule has 0 aliphatic carbocycles. The van der Waals surface area contributed by atoms with Gasteiger partial charge in [0, 0.05) is 6.54 Å². The molecule has 1 atom stereocenters. The predicted molar refractivity (Wildman–Crippen MR) is 67.3 cm³/mol. The first-order valence-corrected chi connectivity index (χ1v) is 6.06. The van der Waals surface area contributed by atoms with E-state index >= 15 is 0 Å². The van der Waals surface area contributed by atoms with Crippen LogP contribution in [0.5, 0.6) is 0 Å². The van der Waals surface area contributed by atoms with Crippen LogP contribution in [0.3, 0.4) is 0 Å². The van der Waals surface area contributed by atoms with Crippen molar-refractivity contribution < 1.29 is 9.90 Å². The van der Waals surface area contributed by atoms with Crippen LogP contribution in [0.1, 0.15) is 37.3 Å². The molecular weight excluding hydrogens is 214 g/mol. The summed E-state index contributed by atoms with van der Waals surface area (Å²) >= 11 is 0. The van der Waals surface area contributed by atoms with Gasteiger partial charge in [-0.15, -0.1) is 0 Å². The van der Waals surface area contributed by atoms with Crippen molar-refractivity contribution in [2.75, 3.05) is 13.1 Å². The number of hydrogen-bond donors (Lipinski definition) is 2. The van der Waals surface area contributed by atoms with Crippen LogP contribution in [0.4, 0.5) is 0 Å². The number of hydrogen-bond acceptors (Lipinski definition) is 2. The zero-order chi connectivity index (χ0) is 12.5. The highest BCUT2D eigenvalue weighted by atomic mass is 16.4. The normalized spacial score (nSPS) is 20.5. The smallest absolute Gasteiger partial charge is 0.313 e. The Morgan fingerprint density at radius 1 is 1.47 bits per heavy atom. The Balaban J connectivity index is 2.31. The van der Waals surface area contributed by atoms with Gasteiger partial charge in [0.15, 0.2) is 0 Å². The van der Waals surface area contributed by atoms with Crippen molar-refractivity contribution >= 4 is 5.97 Å². The average Bonchev–Trinajstić information content (AvgIpc) is 2.82. The molecule has 92 valence electrons. The number of benzene rings is 1.